The van der Waals surface area contributed by atoms with E-state index in [0.29, 0.717) is 5.95 Å². The first-order valence-electron chi connectivity index (χ1n) is 5.00. The van der Waals surface area contributed by atoms with Crippen LogP contribution in [0.5, 0.6) is 0 Å². The number of nitrogens with zero attached hydrogens (tertiary/aromatic N) is 2. The van der Waals surface area contributed by atoms with Gasteiger partial charge < -0.3 is 15.4 Å². The molecule has 0 spiro atoms. The third-order valence-electron chi connectivity index (χ3n) is 2.63. The van der Waals surface area contributed by atoms with E-state index in [-0.39, 0.29) is 6.61 Å². The summed E-state index contributed by atoms with van der Waals surface area (Å²) in [7, 11) is 0. The van der Waals surface area contributed by atoms with E-state index in [1.54, 1.807) is 0 Å². The normalized spacial score (nSPS) is 12.2. The van der Waals surface area contributed by atoms with Gasteiger partial charge in [0.05, 0.1) is 23.2 Å². The minimum atomic E-state index is -0.439. The van der Waals surface area contributed by atoms with Crippen LogP contribution in [-0.4, -0.2) is 21.3 Å². The molecule has 0 saturated carbocycles. The lowest BCUT2D eigenvalue weighted by Crippen LogP contribution is -2.31. The molecule has 0 aliphatic heterocycles. The minimum Gasteiger partial charge on any atom is -0.394 e. The van der Waals surface area contributed by atoms with Crippen molar-refractivity contribution in [3.05, 3.63) is 21.8 Å². The van der Waals surface area contributed by atoms with E-state index in [0.717, 1.165) is 14.6 Å². The molecule has 1 heterocycles. The largest absolute Gasteiger partial charge is 0.394 e. The van der Waals surface area contributed by atoms with Crippen molar-refractivity contribution in [1.82, 2.24) is 9.55 Å². The van der Waals surface area contributed by atoms with E-state index in [2.05, 4.69) is 27.6 Å². The molecule has 0 atom stereocenters. The van der Waals surface area contributed by atoms with Crippen LogP contribution in [0.4, 0.5) is 5.95 Å². The van der Waals surface area contributed by atoms with Gasteiger partial charge in [0.15, 0.2) is 0 Å². The maximum atomic E-state index is 9.40. The van der Waals surface area contributed by atoms with Gasteiger partial charge in [0, 0.05) is 3.57 Å². The number of rotatable bonds is 2. The molecule has 0 fully saturated rings. The Morgan fingerprint density at radius 3 is 2.81 bits per heavy atom. The van der Waals surface area contributed by atoms with E-state index in [1.807, 2.05) is 36.6 Å². The Hall–Kier alpha value is -0.820. The summed E-state index contributed by atoms with van der Waals surface area (Å²) in [6, 6.07) is 5.97. The number of fused-ring (bicyclic) bond motifs is 1. The molecule has 4 nitrogen and oxygen atoms in total. The summed E-state index contributed by atoms with van der Waals surface area (Å²) in [6.45, 7) is 3.89. The number of aliphatic hydroxyl groups is 1. The summed E-state index contributed by atoms with van der Waals surface area (Å²) in [5, 5.41) is 9.40. The molecule has 2 aromatic rings. The van der Waals surface area contributed by atoms with Gasteiger partial charge >= 0.3 is 0 Å². The molecular weight excluding hydrogens is 317 g/mol. The Morgan fingerprint density at radius 1 is 1.50 bits per heavy atom. The van der Waals surface area contributed by atoms with Crippen molar-refractivity contribution in [2.45, 2.75) is 19.4 Å². The van der Waals surface area contributed by atoms with Gasteiger partial charge in [-0.3, -0.25) is 0 Å². The van der Waals surface area contributed by atoms with Crippen molar-refractivity contribution in [3.8, 4) is 0 Å². The van der Waals surface area contributed by atoms with Gasteiger partial charge in [-0.05, 0) is 54.6 Å². The van der Waals surface area contributed by atoms with E-state index in [4.69, 9.17) is 5.73 Å². The Bertz CT molecular complexity index is 533. The second kappa shape index (κ2) is 3.89. The second-order valence-corrected chi connectivity index (χ2v) is 5.65. The van der Waals surface area contributed by atoms with Crippen LogP contribution in [0, 0.1) is 3.57 Å². The molecule has 0 amide bonds. The molecule has 86 valence electrons. The fraction of sp³-hybridized carbons (Fsp3) is 0.364. The van der Waals surface area contributed by atoms with Gasteiger partial charge in [-0.2, -0.15) is 0 Å². The molecule has 3 N–H and O–H groups in total. The van der Waals surface area contributed by atoms with Crippen molar-refractivity contribution in [3.63, 3.8) is 0 Å². The number of hydrogen-bond donors (Lipinski definition) is 2. The van der Waals surface area contributed by atoms with Crippen molar-refractivity contribution in [1.29, 1.82) is 0 Å². The summed E-state index contributed by atoms with van der Waals surface area (Å²) in [5.41, 5.74) is 7.29. The summed E-state index contributed by atoms with van der Waals surface area (Å²) < 4.78 is 3.00. The smallest absolute Gasteiger partial charge is 0.201 e. The van der Waals surface area contributed by atoms with E-state index < -0.39 is 5.54 Å². The van der Waals surface area contributed by atoms with Gasteiger partial charge in [0.25, 0.3) is 0 Å². The van der Waals surface area contributed by atoms with Gasteiger partial charge in [0.2, 0.25) is 5.95 Å². The average molecular weight is 331 g/mol. The van der Waals surface area contributed by atoms with Crippen LogP contribution in [0.3, 0.4) is 0 Å². The van der Waals surface area contributed by atoms with E-state index >= 15 is 0 Å². The van der Waals surface area contributed by atoms with Crippen LogP contribution in [0.15, 0.2) is 18.2 Å². The number of hydrogen-bond acceptors (Lipinski definition) is 3. The van der Waals surface area contributed by atoms with Gasteiger partial charge in [-0.1, -0.05) is 0 Å². The predicted octanol–water partition coefficient (Wildman–Crippen LogP) is 1.95. The van der Waals surface area contributed by atoms with Gasteiger partial charge in [-0.25, -0.2) is 4.98 Å². The summed E-state index contributed by atoms with van der Waals surface area (Å²) in [5.74, 6) is 0.441. The molecule has 16 heavy (non-hydrogen) atoms. The van der Waals surface area contributed by atoms with E-state index in [1.165, 1.54) is 0 Å². The van der Waals surface area contributed by atoms with Crippen LogP contribution < -0.4 is 5.73 Å². The fourth-order valence-electron chi connectivity index (χ4n) is 1.78. The molecule has 1 aromatic carbocycles. The van der Waals surface area contributed by atoms with Gasteiger partial charge in [-0.15, -0.1) is 0 Å². The van der Waals surface area contributed by atoms with Gasteiger partial charge in [0.1, 0.15) is 0 Å². The predicted molar refractivity (Wildman–Crippen MR) is 73.3 cm³/mol. The van der Waals surface area contributed by atoms with Crippen LogP contribution in [0.25, 0.3) is 11.0 Å². The summed E-state index contributed by atoms with van der Waals surface area (Å²) in [6.07, 6.45) is 0. The first kappa shape index (κ1) is 11.7. The lowest BCUT2D eigenvalue weighted by atomic mass is 10.1. The number of nitrogens with two attached hydrogens (primary N) is 1. The standard InChI is InChI=1S/C11H14IN3O/c1-11(2,6-16)15-9-4-3-7(12)5-8(9)14-10(15)13/h3-5,16H,6H2,1-2H3,(H2,13,14). The molecule has 5 heteroatoms. The van der Waals surface area contributed by atoms with Crippen LogP contribution >= 0.6 is 22.6 Å². The zero-order chi connectivity index (χ0) is 11.9. The highest BCUT2D eigenvalue weighted by molar-refractivity contribution is 14.1. The number of nitrogen functional groups attached to an aromatic ring is 1. The zero-order valence-corrected chi connectivity index (χ0v) is 11.4. The first-order chi connectivity index (χ1) is 7.45. The Morgan fingerprint density at radius 2 is 2.19 bits per heavy atom. The highest BCUT2D eigenvalue weighted by Gasteiger charge is 2.24. The van der Waals surface area contributed by atoms with Crippen molar-refractivity contribution >= 4 is 39.6 Å². The molecule has 2 rings (SSSR count). The Balaban J connectivity index is 2.74. The minimum absolute atomic E-state index is 0.0225. The van der Waals surface area contributed by atoms with Crippen LogP contribution in [0.1, 0.15) is 13.8 Å². The maximum absolute atomic E-state index is 9.40. The lowest BCUT2D eigenvalue weighted by Gasteiger charge is -2.25. The highest BCUT2D eigenvalue weighted by atomic mass is 127. The molecule has 0 radical (unpaired) electrons. The zero-order valence-electron chi connectivity index (χ0n) is 9.24. The number of aliphatic hydroxyl groups excluding tert-OH is 1. The Kier molecular flexibility index (Phi) is 2.83. The number of halogens is 1. The third-order valence-corrected chi connectivity index (χ3v) is 3.31. The molecule has 0 unspecified atom stereocenters. The summed E-state index contributed by atoms with van der Waals surface area (Å²) in [4.78, 5) is 4.31. The van der Waals surface area contributed by atoms with Crippen molar-refractivity contribution in [2.24, 2.45) is 0 Å². The maximum Gasteiger partial charge on any atom is 0.201 e. The quantitative estimate of drug-likeness (QED) is 0.827. The van der Waals surface area contributed by atoms with Crippen molar-refractivity contribution < 1.29 is 5.11 Å². The fourth-order valence-corrected chi connectivity index (χ4v) is 2.25. The SMILES string of the molecule is CC(C)(CO)n1c(N)nc2cc(I)ccc21. The number of aromatic nitrogens is 2. The highest BCUT2D eigenvalue weighted by Crippen LogP contribution is 2.27. The Labute approximate surface area is 108 Å². The number of benzene rings is 1. The molecule has 1 aromatic heterocycles. The first-order valence-corrected chi connectivity index (χ1v) is 6.08. The number of imidazole rings is 1. The molecule has 0 aliphatic rings. The lowest BCUT2D eigenvalue weighted by molar-refractivity contribution is 0.169. The third kappa shape index (κ3) is 1.78. The second-order valence-electron chi connectivity index (χ2n) is 4.41. The molecule has 0 bridgehead atoms. The molecule has 0 saturated heterocycles. The van der Waals surface area contributed by atoms with Crippen molar-refractivity contribution in [2.75, 3.05) is 12.3 Å². The summed E-state index contributed by atoms with van der Waals surface area (Å²) >= 11 is 2.24. The average Bonchev–Trinajstić information content (AvgIpc) is 2.53. The molecular formula is C11H14IN3O. The molecule has 0 aliphatic carbocycles. The number of anilines is 1. The monoisotopic (exact) mass is 331 g/mol. The van der Waals surface area contributed by atoms with E-state index in [9.17, 15) is 5.11 Å². The van der Waals surface area contributed by atoms with Crippen LogP contribution in [-0.2, 0) is 5.54 Å². The topological polar surface area (TPSA) is 64.1 Å². The van der Waals surface area contributed by atoms with Crippen LogP contribution in [0.2, 0.25) is 0 Å².